The van der Waals surface area contributed by atoms with E-state index in [0.717, 1.165) is 0 Å². The summed E-state index contributed by atoms with van der Waals surface area (Å²) in [6.45, 7) is 4.96. The smallest absolute Gasteiger partial charge is 0.263 e. The Bertz CT molecular complexity index is 514. The van der Waals surface area contributed by atoms with Gasteiger partial charge in [-0.2, -0.15) is 0 Å². The van der Waals surface area contributed by atoms with Crippen LogP contribution in [0.5, 0.6) is 0 Å². The summed E-state index contributed by atoms with van der Waals surface area (Å²) in [4.78, 5) is 13.5. The average molecular weight is 309 g/mol. The highest BCUT2D eigenvalue weighted by atomic mass is 32.2. The number of hydrogen-bond acceptors (Lipinski definition) is 3. The summed E-state index contributed by atoms with van der Waals surface area (Å²) < 4.78 is 50.1. The molecular weight excluding hydrogens is 288 g/mol. The van der Waals surface area contributed by atoms with E-state index in [4.69, 9.17) is 0 Å². The molecular formula is C13H21F2NO3S. The topological polar surface area (TPSA) is 54.5 Å². The summed E-state index contributed by atoms with van der Waals surface area (Å²) >= 11 is 0. The van der Waals surface area contributed by atoms with Crippen LogP contribution in [0, 0.1) is 11.8 Å². The Labute approximate surface area is 118 Å². The van der Waals surface area contributed by atoms with Gasteiger partial charge >= 0.3 is 0 Å². The van der Waals surface area contributed by atoms with Gasteiger partial charge in [-0.15, -0.1) is 0 Å². The standard InChI is InChI=1S/C13H21F2NO3S/c1-4-12(5-2)8-16(6-7-20(12,18)19)11(17)10-9(3)13(10,14)15/h9-10H,4-8H2,1-3H3. The van der Waals surface area contributed by atoms with E-state index >= 15 is 0 Å². The maximum Gasteiger partial charge on any atom is 0.263 e. The molecule has 1 aliphatic carbocycles. The van der Waals surface area contributed by atoms with E-state index in [1.165, 1.54) is 11.8 Å². The van der Waals surface area contributed by atoms with Crippen molar-refractivity contribution in [1.29, 1.82) is 0 Å². The molecule has 1 aliphatic heterocycles. The fourth-order valence-corrected chi connectivity index (χ4v) is 5.25. The van der Waals surface area contributed by atoms with E-state index in [9.17, 15) is 22.0 Å². The van der Waals surface area contributed by atoms with Crippen molar-refractivity contribution in [2.45, 2.75) is 44.3 Å². The second-order valence-corrected chi connectivity index (χ2v) is 8.41. The van der Waals surface area contributed by atoms with E-state index in [2.05, 4.69) is 0 Å². The Morgan fingerprint density at radius 3 is 2.20 bits per heavy atom. The van der Waals surface area contributed by atoms with E-state index < -0.39 is 38.2 Å². The summed E-state index contributed by atoms with van der Waals surface area (Å²) in [5.41, 5.74) is 0. The highest BCUT2D eigenvalue weighted by Gasteiger charge is 2.70. The van der Waals surface area contributed by atoms with Crippen LogP contribution >= 0.6 is 0 Å². The molecule has 116 valence electrons. The van der Waals surface area contributed by atoms with Crippen LogP contribution in [0.25, 0.3) is 0 Å². The Kier molecular flexibility index (Phi) is 3.64. The summed E-state index contributed by atoms with van der Waals surface area (Å²) in [6.07, 6.45) is 0.790. The number of carbonyl (C=O) groups excluding carboxylic acids is 1. The zero-order chi connectivity index (χ0) is 15.3. The van der Waals surface area contributed by atoms with Crippen molar-refractivity contribution in [3.8, 4) is 0 Å². The van der Waals surface area contributed by atoms with Crippen molar-refractivity contribution in [2.75, 3.05) is 18.8 Å². The molecule has 0 aromatic carbocycles. The molecule has 2 rings (SSSR count). The van der Waals surface area contributed by atoms with Gasteiger partial charge in [0.25, 0.3) is 5.92 Å². The Morgan fingerprint density at radius 2 is 1.80 bits per heavy atom. The maximum atomic E-state index is 13.3. The first kappa shape index (κ1) is 15.7. The van der Waals surface area contributed by atoms with E-state index in [1.807, 2.05) is 0 Å². The minimum Gasteiger partial charge on any atom is -0.340 e. The van der Waals surface area contributed by atoms with E-state index in [1.54, 1.807) is 13.8 Å². The molecule has 1 amide bonds. The number of nitrogens with zero attached hydrogens (tertiary/aromatic N) is 1. The second-order valence-electron chi connectivity index (χ2n) is 5.91. The van der Waals surface area contributed by atoms with E-state index in [-0.39, 0.29) is 18.8 Å². The quantitative estimate of drug-likeness (QED) is 0.797. The summed E-state index contributed by atoms with van der Waals surface area (Å²) in [5.74, 6) is -5.87. The van der Waals surface area contributed by atoms with Crippen LogP contribution in [0.4, 0.5) is 8.78 Å². The summed E-state index contributed by atoms with van der Waals surface area (Å²) in [7, 11) is -3.28. The molecule has 0 bridgehead atoms. The van der Waals surface area contributed by atoms with Gasteiger partial charge in [-0.05, 0) is 12.8 Å². The Morgan fingerprint density at radius 1 is 1.30 bits per heavy atom. The number of amides is 1. The summed E-state index contributed by atoms with van der Waals surface area (Å²) in [6, 6.07) is 0. The monoisotopic (exact) mass is 309 g/mol. The fraction of sp³-hybridized carbons (Fsp3) is 0.923. The van der Waals surface area contributed by atoms with Crippen LogP contribution in [0.1, 0.15) is 33.6 Å². The average Bonchev–Trinajstić information content (AvgIpc) is 2.88. The zero-order valence-electron chi connectivity index (χ0n) is 12.0. The largest absolute Gasteiger partial charge is 0.340 e. The second kappa shape index (κ2) is 4.64. The van der Waals surface area contributed by atoms with Crippen LogP contribution in [0.15, 0.2) is 0 Å². The third kappa shape index (κ3) is 2.05. The van der Waals surface area contributed by atoms with Crippen LogP contribution in [0.3, 0.4) is 0 Å². The molecule has 2 unspecified atom stereocenters. The predicted molar refractivity (Wildman–Crippen MR) is 71.3 cm³/mol. The number of hydrogen-bond donors (Lipinski definition) is 0. The molecule has 1 heterocycles. The molecule has 20 heavy (non-hydrogen) atoms. The van der Waals surface area contributed by atoms with Crippen LogP contribution in [-0.4, -0.2) is 48.7 Å². The van der Waals surface area contributed by atoms with Crippen molar-refractivity contribution >= 4 is 15.7 Å². The first-order valence-corrected chi connectivity index (χ1v) is 8.67. The van der Waals surface area contributed by atoms with Gasteiger partial charge in [-0.1, -0.05) is 20.8 Å². The van der Waals surface area contributed by atoms with Gasteiger partial charge in [0.15, 0.2) is 9.84 Å². The molecule has 2 fully saturated rings. The van der Waals surface area contributed by atoms with Crippen molar-refractivity contribution in [3.05, 3.63) is 0 Å². The van der Waals surface area contributed by atoms with Gasteiger partial charge < -0.3 is 4.90 Å². The lowest BCUT2D eigenvalue weighted by molar-refractivity contribution is -0.135. The molecule has 0 aromatic heterocycles. The Balaban J connectivity index is 2.19. The third-order valence-electron chi connectivity index (χ3n) is 5.05. The minimum absolute atomic E-state index is 0.0300. The van der Waals surface area contributed by atoms with E-state index in [0.29, 0.717) is 12.8 Å². The third-order valence-corrected chi connectivity index (χ3v) is 7.79. The highest BCUT2D eigenvalue weighted by Crippen LogP contribution is 2.55. The fourth-order valence-electron chi connectivity index (χ4n) is 3.13. The summed E-state index contributed by atoms with van der Waals surface area (Å²) in [5, 5.41) is 0. The molecule has 1 saturated carbocycles. The molecule has 2 aliphatic rings. The number of halogens is 2. The van der Waals surface area contributed by atoms with Crippen LogP contribution in [0.2, 0.25) is 0 Å². The van der Waals surface area contributed by atoms with Crippen molar-refractivity contribution < 1.29 is 22.0 Å². The van der Waals surface area contributed by atoms with Gasteiger partial charge in [0, 0.05) is 19.0 Å². The van der Waals surface area contributed by atoms with Gasteiger partial charge in [-0.3, -0.25) is 4.79 Å². The van der Waals surface area contributed by atoms with Gasteiger partial charge in [0.1, 0.15) is 5.92 Å². The number of rotatable bonds is 3. The lowest BCUT2D eigenvalue weighted by Crippen LogP contribution is -2.57. The molecule has 0 aromatic rings. The predicted octanol–water partition coefficient (Wildman–Crippen LogP) is 1.70. The van der Waals surface area contributed by atoms with Crippen molar-refractivity contribution in [2.24, 2.45) is 11.8 Å². The van der Waals surface area contributed by atoms with Crippen LogP contribution in [-0.2, 0) is 14.6 Å². The molecule has 0 radical (unpaired) electrons. The van der Waals surface area contributed by atoms with Crippen molar-refractivity contribution in [3.63, 3.8) is 0 Å². The maximum absolute atomic E-state index is 13.3. The first-order valence-electron chi connectivity index (χ1n) is 7.02. The number of sulfone groups is 1. The van der Waals surface area contributed by atoms with Gasteiger partial charge in [0.05, 0.1) is 10.5 Å². The van der Waals surface area contributed by atoms with Gasteiger partial charge in [0.2, 0.25) is 5.91 Å². The number of alkyl halides is 2. The molecule has 0 spiro atoms. The molecule has 2 atom stereocenters. The lowest BCUT2D eigenvalue weighted by atomic mass is 10.0. The normalized spacial score (nSPS) is 33.8. The zero-order valence-corrected chi connectivity index (χ0v) is 12.8. The van der Waals surface area contributed by atoms with Gasteiger partial charge in [-0.25, -0.2) is 17.2 Å². The lowest BCUT2D eigenvalue weighted by Gasteiger charge is -2.41. The van der Waals surface area contributed by atoms with Crippen molar-refractivity contribution in [1.82, 2.24) is 4.90 Å². The first-order chi connectivity index (χ1) is 9.13. The molecule has 0 N–H and O–H groups in total. The SMILES string of the molecule is CCC1(CC)CN(C(=O)C2C(C)C2(F)F)CCS1(=O)=O. The highest BCUT2D eigenvalue weighted by molar-refractivity contribution is 7.92. The number of carbonyl (C=O) groups is 1. The minimum atomic E-state index is -3.28. The molecule has 7 heteroatoms. The molecule has 4 nitrogen and oxygen atoms in total. The Hall–Kier alpha value is -0.720. The van der Waals surface area contributed by atoms with Crippen LogP contribution < -0.4 is 0 Å². The molecule has 1 saturated heterocycles.